The summed E-state index contributed by atoms with van der Waals surface area (Å²) in [4.78, 5) is 12.1. The van der Waals surface area contributed by atoms with Gasteiger partial charge in [-0.05, 0) is 5.56 Å². The molecule has 17 heavy (non-hydrogen) atoms. The molecule has 0 fully saturated rings. The Morgan fingerprint density at radius 1 is 1.24 bits per heavy atom. The Morgan fingerprint density at radius 3 is 2.71 bits per heavy atom. The lowest BCUT2D eigenvalue weighted by atomic mass is 10.1. The Balaban J connectivity index is 2.33. The molecule has 3 rings (SSSR count). The molecule has 0 saturated carbocycles. The lowest BCUT2D eigenvalue weighted by Gasteiger charge is -1.99. The molecule has 4 heteroatoms. The Morgan fingerprint density at radius 2 is 2.00 bits per heavy atom. The van der Waals surface area contributed by atoms with Gasteiger partial charge in [0.1, 0.15) is 10.4 Å². The molecule has 0 spiro atoms. The highest BCUT2D eigenvalue weighted by molar-refractivity contribution is 7.16. The second kappa shape index (κ2) is 3.75. The van der Waals surface area contributed by atoms with E-state index in [4.69, 9.17) is 0 Å². The number of aromatic nitrogens is 1. The monoisotopic (exact) mass is 243 g/mol. The predicted molar refractivity (Wildman–Crippen MR) is 67.7 cm³/mol. The maximum absolute atomic E-state index is 11.4. The van der Waals surface area contributed by atoms with Gasteiger partial charge in [-0.2, -0.15) is 0 Å². The van der Waals surface area contributed by atoms with Gasteiger partial charge in [0.25, 0.3) is 0 Å². The van der Waals surface area contributed by atoms with Gasteiger partial charge in [-0.3, -0.25) is 0 Å². The normalized spacial score (nSPS) is 10.8. The number of fused-ring (bicyclic) bond motifs is 1. The summed E-state index contributed by atoms with van der Waals surface area (Å²) in [5.74, 6) is -0.881. The van der Waals surface area contributed by atoms with Crippen LogP contribution in [0.1, 0.15) is 10.4 Å². The largest absolute Gasteiger partial charge is 0.478 e. The first-order valence-electron chi connectivity index (χ1n) is 5.14. The van der Waals surface area contributed by atoms with Gasteiger partial charge in [-0.15, -0.1) is 11.3 Å². The number of hydrogen-bond acceptors (Lipinski definition) is 2. The fourth-order valence-corrected chi connectivity index (χ4v) is 2.81. The molecule has 2 aromatic heterocycles. The molecular weight excluding hydrogens is 234 g/mol. The van der Waals surface area contributed by atoms with E-state index in [2.05, 4.69) is 0 Å². The van der Waals surface area contributed by atoms with Crippen LogP contribution < -0.4 is 0 Å². The van der Waals surface area contributed by atoms with Crippen molar-refractivity contribution in [2.75, 3.05) is 0 Å². The van der Waals surface area contributed by atoms with Gasteiger partial charge in [0.2, 0.25) is 0 Å². The van der Waals surface area contributed by atoms with Crippen LogP contribution in [-0.2, 0) is 0 Å². The van der Waals surface area contributed by atoms with Crippen LogP contribution in [0.5, 0.6) is 0 Å². The standard InChI is InChI=1S/C13H9NO2S/c15-13(16)11-10(9-4-2-1-3-5-9)8-14-6-7-17-12(11)14/h1-8H,(H,15,16). The molecule has 3 aromatic rings. The zero-order valence-electron chi connectivity index (χ0n) is 8.83. The number of carboxylic acids is 1. The van der Waals surface area contributed by atoms with E-state index in [0.717, 1.165) is 16.0 Å². The third-order valence-electron chi connectivity index (χ3n) is 2.69. The van der Waals surface area contributed by atoms with Crippen LogP contribution in [0.3, 0.4) is 0 Å². The number of carbonyl (C=O) groups is 1. The van der Waals surface area contributed by atoms with E-state index in [1.54, 1.807) is 0 Å². The minimum atomic E-state index is -0.881. The molecule has 0 aliphatic rings. The van der Waals surface area contributed by atoms with E-state index in [1.807, 2.05) is 52.5 Å². The average Bonchev–Trinajstić information content (AvgIpc) is 2.88. The highest BCUT2D eigenvalue weighted by Gasteiger charge is 2.18. The van der Waals surface area contributed by atoms with Crippen molar-refractivity contribution in [3.63, 3.8) is 0 Å². The summed E-state index contributed by atoms with van der Waals surface area (Å²) in [6.45, 7) is 0. The summed E-state index contributed by atoms with van der Waals surface area (Å²) < 4.78 is 1.86. The molecule has 1 aromatic carbocycles. The van der Waals surface area contributed by atoms with E-state index in [-0.39, 0.29) is 0 Å². The quantitative estimate of drug-likeness (QED) is 0.749. The van der Waals surface area contributed by atoms with Crippen molar-refractivity contribution >= 4 is 22.1 Å². The van der Waals surface area contributed by atoms with Gasteiger partial charge in [-0.25, -0.2) is 4.79 Å². The van der Waals surface area contributed by atoms with Crippen molar-refractivity contribution in [3.05, 3.63) is 53.7 Å². The second-order valence-electron chi connectivity index (χ2n) is 3.70. The van der Waals surface area contributed by atoms with Crippen LogP contribution >= 0.6 is 11.3 Å². The molecule has 1 N–H and O–H groups in total. The van der Waals surface area contributed by atoms with Gasteiger partial charge in [0.05, 0.1) is 0 Å². The first kappa shape index (κ1) is 10.1. The fraction of sp³-hybridized carbons (Fsp3) is 0. The second-order valence-corrected chi connectivity index (χ2v) is 4.60. The van der Waals surface area contributed by atoms with Crippen LogP contribution in [0.15, 0.2) is 48.1 Å². The Hall–Kier alpha value is -2.07. The summed E-state index contributed by atoms with van der Waals surface area (Å²) in [5.41, 5.74) is 2.08. The van der Waals surface area contributed by atoms with E-state index in [1.165, 1.54) is 11.3 Å². The molecule has 0 unspecified atom stereocenters. The summed E-state index contributed by atoms with van der Waals surface area (Å²) in [7, 11) is 0. The topological polar surface area (TPSA) is 41.7 Å². The molecule has 3 nitrogen and oxygen atoms in total. The number of thiazole rings is 1. The summed E-state index contributed by atoms with van der Waals surface area (Å²) in [6.07, 6.45) is 3.74. The van der Waals surface area contributed by atoms with Gasteiger partial charge >= 0.3 is 5.97 Å². The van der Waals surface area contributed by atoms with E-state index >= 15 is 0 Å². The van der Waals surface area contributed by atoms with Crippen LogP contribution in [0.2, 0.25) is 0 Å². The zero-order chi connectivity index (χ0) is 11.8. The van der Waals surface area contributed by atoms with E-state index in [9.17, 15) is 9.90 Å². The molecule has 0 aliphatic heterocycles. The van der Waals surface area contributed by atoms with Crippen molar-refractivity contribution < 1.29 is 9.90 Å². The molecule has 0 radical (unpaired) electrons. The van der Waals surface area contributed by atoms with E-state index < -0.39 is 5.97 Å². The number of rotatable bonds is 2. The van der Waals surface area contributed by atoms with Crippen molar-refractivity contribution in [1.82, 2.24) is 4.40 Å². The molecule has 0 atom stereocenters. The maximum atomic E-state index is 11.4. The van der Waals surface area contributed by atoms with Crippen molar-refractivity contribution in [2.45, 2.75) is 0 Å². The summed E-state index contributed by atoms with van der Waals surface area (Å²) >= 11 is 1.44. The number of benzene rings is 1. The van der Waals surface area contributed by atoms with E-state index in [0.29, 0.717) is 5.56 Å². The van der Waals surface area contributed by atoms with Crippen LogP contribution in [0, 0.1) is 0 Å². The number of aromatic carboxylic acids is 1. The molecule has 0 amide bonds. The highest BCUT2D eigenvalue weighted by Crippen LogP contribution is 2.31. The van der Waals surface area contributed by atoms with Gasteiger partial charge in [0, 0.05) is 23.3 Å². The summed E-state index contributed by atoms with van der Waals surface area (Å²) in [5, 5.41) is 11.2. The lowest BCUT2D eigenvalue weighted by Crippen LogP contribution is -1.96. The zero-order valence-corrected chi connectivity index (χ0v) is 9.65. The van der Waals surface area contributed by atoms with Crippen molar-refractivity contribution in [1.29, 1.82) is 0 Å². The molecule has 0 aliphatic carbocycles. The van der Waals surface area contributed by atoms with Crippen LogP contribution in [0.4, 0.5) is 0 Å². The fourth-order valence-electron chi connectivity index (χ4n) is 1.94. The Labute approximate surface area is 102 Å². The van der Waals surface area contributed by atoms with Crippen LogP contribution in [-0.4, -0.2) is 15.5 Å². The predicted octanol–water partition coefficient (Wildman–Crippen LogP) is 3.37. The molecule has 84 valence electrons. The SMILES string of the molecule is O=C(O)c1c(-c2ccccc2)cn2ccsc12. The molecular formula is C13H9NO2S. The first-order chi connectivity index (χ1) is 8.27. The van der Waals surface area contributed by atoms with Gasteiger partial charge in [-0.1, -0.05) is 30.3 Å². The maximum Gasteiger partial charge on any atom is 0.339 e. The van der Waals surface area contributed by atoms with Crippen molar-refractivity contribution in [3.8, 4) is 11.1 Å². The number of nitrogens with zero attached hydrogens (tertiary/aromatic N) is 1. The smallest absolute Gasteiger partial charge is 0.339 e. The molecule has 0 saturated heterocycles. The molecule has 0 bridgehead atoms. The van der Waals surface area contributed by atoms with Gasteiger partial charge < -0.3 is 9.51 Å². The number of hydrogen-bond donors (Lipinski definition) is 1. The third kappa shape index (κ3) is 1.54. The van der Waals surface area contributed by atoms with Gasteiger partial charge in [0.15, 0.2) is 0 Å². The highest BCUT2D eigenvalue weighted by atomic mass is 32.1. The molecule has 2 heterocycles. The minimum absolute atomic E-state index is 0.381. The lowest BCUT2D eigenvalue weighted by molar-refractivity contribution is 0.0700. The third-order valence-corrected chi connectivity index (χ3v) is 3.58. The average molecular weight is 243 g/mol. The Kier molecular flexibility index (Phi) is 2.23. The van der Waals surface area contributed by atoms with Crippen molar-refractivity contribution in [2.24, 2.45) is 0 Å². The number of carboxylic acid groups (broad SMARTS) is 1. The van der Waals surface area contributed by atoms with Crippen LogP contribution in [0.25, 0.3) is 16.0 Å². The summed E-state index contributed by atoms with van der Waals surface area (Å²) in [6, 6.07) is 9.58. The first-order valence-corrected chi connectivity index (χ1v) is 6.02. The minimum Gasteiger partial charge on any atom is -0.478 e. The Bertz CT molecular complexity index is 682.